The maximum atomic E-state index is 13.2. The van der Waals surface area contributed by atoms with Crippen LogP contribution in [0.25, 0.3) is 0 Å². The standard InChI is InChI=1S/C33H49N3O6/c1-31-11-9-24(34-30(40)36-14-4-13-35(3)15-16-36)18-23(31)6-7-26-25(31)10-12-32(2)29(21-5-8-28(39)42-20-21)22(17-27(37)38)19-33(26,32)41/h5,8,20,22-26,29,41H,4,6-7,9-19H2,1-3H3,(H,34,40)(H,37,38)/t22-,23-,24+,25+,26-,29+,31+,32-,33+/m1/s1. The molecule has 42 heavy (non-hydrogen) atoms. The first-order valence-corrected chi connectivity index (χ1v) is 16.2. The van der Waals surface area contributed by atoms with E-state index in [-0.39, 0.29) is 41.7 Å². The van der Waals surface area contributed by atoms with Crippen LogP contribution in [0.15, 0.2) is 27.6 Å². The van der Waals surface area contributed by atoms with Crippen LogP contribution in [0.5, 0.6) is 0 Å². The van der Waals surface area contributed by atoms with E-state index in [2.05, 4.69) is 31.1 Å². The predicted octanol–water partition coefficient (Wildman–Crippen LogP) is 4.30. The molecule has 5 fully saturated rings. The summed E-state index contributed by atoms with van der Waals surface area (Å²) in [6.45, 7) is 8.11. The van der Waals surface area contributed by atoms with Crippen LogP contribution in [0.4, 0.5) is 4.79 Å². The molecule has 9 atom stereocenters. The maximum absolute atomic E-state index is 13.2. The number of hydrogen-bond donors (Lipinski definition) is 3. The zero-order valence-corrected chi connectivity index (χ0v) is 25.5. The van der Waals surface area contributed by atoms with Crippen molar-refractivity contribution in [1.29, 1.82) is 0 Å². The molecule has 3 N–H and O–H groups in total. The van der Waals surface area contributed by atoms with Crippen LogP contribution in [0.3, 0.4) is 0 Å². The SMILES string of the molecule is CN1CCCN(C(=O)N[C@H]2CC[C@@]3(C)[C@H](CC[C@@H]4[C@@H]3CC[C@]3(C)[C@@H](c5ccc(=O)oc5)[C@H](CC(=O)O)C[C@]43O)C2)CC1. The number of urea groups is 1. The quantitative estimate of drug-likeness (QED) is 0.483. The van der Waals surface area contributed by atoms with Gasteiger partial charge in [-0.1, -0.05) is 13.8 Å². The maximum Gasteiger partial charge on any atom is 0.335 e. The molecule has 0 aromatic carbocycles. The summed E-state index contributed by atoms with van der Waals surface area (Å²) in [6, 6.07) is 3.45. The van der Waals surface area contributed by atoms with E-state index in [4.69, 9.17) is 4.42 Å². The Balaban J connectivity index is 1.20. The summed E-state index contributed by atoms with van der Waals surface area (Å²) in [4.78, 5) is 41.1. The van der Waals surface area contributed by atoms with E-state index < -0.39 is 22.6 Å². The molecular formula is C33H49N3O6. The van der Waals surface area contributed by atoms with Gasteiger partial charge >= 0.3 is 17.6 Å². The number of amides is 2. The fourth-order valence-corrected chi connectivity index (χ4v) is 10.7. The van der Waals surface area contributed by atoms with Crippen molar-refractivity contribution in [2.24, 2.45) is 34.5 Å². The third kappa shape index (κ3) is 4.88. The lowest BCUT2D eigenvalue weighted by Gasteiger charge is -2.63. The van der Waals surface area contributed by atoms with Crippen LogP contribution in [0.1, 0.15) is 89.5 Å². The molecule has 1 aromatic heterocycles. The van der Waals surface area contributed by atoms with Crippen LogP contribution in [0, 0.1) is 34.5 Å². The van der Waals surface area contributed by atoms with Gasteiger partial charge in [0.25, 0.3) is 0 Å². The molecule has 1 saturated heterocycles. The molecule has 4 aliphatic carbocycles. The summed E-state index contributed by atoms with van der Waals surface area (Å²) in [5, 5.41) is 26.0. The first kappa shape index (κ1) is 29.7. The van der Waals surface area contributed by atoms with Crippen molar-refractivity contribution in [3.63, 3.8) is 0 Å². The largest absolute Gasteiger partial charge is 0.481 e. The molecule has 1 aromatic rings. The number of hydrogen-bond acceptors (Lipinski definition) is 6. The highest BCUT2D eigenvalue weighted by atomic mass is 16.4. The molecule has 0 bridgehead atoms. The lowest BCUT2D eigenvalue weighted by molar-refractivity contribution is -0.202. The van der Waals surface area contributed by atoms with Gasteiger partial charge < -0.3 is 29.7 Å². The van der Waals surface area contributed by atoms with Crippen molar-refractivity contribution >= 4 is 12.0 Å². The zero-order chi connectivity index (χ0) is 29.9. The molecule has 232 valence electrons. The minimum atomic E-state index is -0.976. The van der Waals surface area contributed by atoms with E-state index in [1.807, 2.05) is 4.90 Å². The Morgan fingerprint density at radius 2 is 1.86 bits per heavy atom. The van der Waals surface area contributed by atoms with E-state index >= 15 is 0 Å². The molecule has 4 saturated carbocycles. The molecule has 6 rings (SSSR count). The van der Waals surface area contributed by atoms with E-state index in [0.717, 1.165) is 83.1 Å². The second-order valence-corrected chi connectivity index (χ2v) is 14.9. The molecule has 9 nitrogen and oxygen atoms in total. The van der Waals surface area contributed by atoms with Crippen molar-refractivity contribution in [3.8, 4) is 0 Å². The highest BCUT2D eigenvalue weighted by Crippen LogP contribution is 2.72. The lowest BCUT2D eigenvalue weighted by Crippen LogP contribution is -2.62. The monoisotopic (exact) mass is 583 g/mol. The Bertz CT molecular complexity index is 1230. The highest BCUT2D eigenvalue weighted by Gasteiger charge is 2.69. The summed E-state index contributed by atoms with van der Waals surface area (Å²) in [6.07, 6.45) is 9.69. The van der Waals surface area contributed by atoms with Gasteiger partial charge in [-0.2, -0.15) is 0 Å². The smallest absolute Gasteiger partial charge is 0.335 e. The first-order valence-electron chi connectivity index (χ1n) is 16.2. The molecule has 5 aliphatic rings. The number of carboxylic acids is 1. The molecule has 2 heterocycles. The summed E-state index contributed by atoms with van der Waals surface area (Å²) < 4.78 is 5.24. The van der Waals surface area contributed by atoms with Crippen LogP contribution in [-0.2, 0) is 4.79 Å². The van der Waals surface area contributed by atoms with E-state index in [0.29, 0.717) is 18.3 Å². The number of likely N-dealkylation sites (N-methyl/N-ethyl adjacent to an activating group) is 1. The van der Waals surface area contributed by atoms with Crippen LogP contribution >= 0.6 is 0 Å². The molecule has 0 radical (unpaired) electrons. The molecule has 1 aliphatic heterocycles. The van der Waals surface area contributed by atoms with Crippen molar-refractivity contribution in [3.05, 3.63) is 34.4 Å². The zero-order valence-electron chi connectivity index (χ0n) is 25.5. The fourth-order valence-electron chi connectivity index (χ4n) is 10.7. The van der Waals surface area contributed by atoms with Crippen LogP contribution in [-0.4, -0.2) is 76.9 Å². The number of nitrogens with zero attached hydrogens (tertiary/aromatic N) is 2. The van der Waals surface area contributed by atoms with Gasteiger partial charge in [-0.15, -0.1) is 0 Å². The normalized spacial score (nSPS) is 42.1. The average Bonchev–Trinajstić information content (AvgIpc) is 3.04. The van der Waals surface area contributed by atoms with Gasteiger partial charge in [-0.05, 0) is 118 Å². The Morgan fingerprint density at radius 1 is 1.05 bits per heavy atom. The Kier molecular flexibility index (Phi) is 7.74. The Hall–Kier alpha value is -2.39. The predicted molar refractivity (Wildman–Crippen MR) is 158 cm³/mol. The van der Waals surface area contributed by atoms with Crippen molar-refractivity contribution in [1.82, 2.24) is 15.1 Å². The van der Waals surface area contributed by atoms with Crippen LogP contribution in [0.2, 0.25) is 0 Å². The third-order valence-electron chi connectivity index (χ3n) is 12.9. The number of aliphatic hydroxyl groups is 1. The number of aliphatic carboxylic acids is 1. The number of carbonyl (C=O) groups excluding carboxylic acids is 1. The third-order valence-corrected chi connectivity index (χ3v) is 12.9. The molecular weight excluding hydrogens is 534 g/mol. The van der Waals surface area contributed by atoms with E-state index in [1.54, 1.807) is 6.07 Å². The molecule has 0 spiro atoms. The lowest BCUT2D eigenvalue weighted by atomic mass is 9.43. The summed E-state index contributed by atoms with van der Waals surface area (Å²) in [5.41, 5.74) is -0.982. The van der Waals surface area contributed by atoms with Gasteiger partial charge in [-0.25, -0.2) is 9.59 Å². The van der Waals surface area contributed by atoms with Gasteiger partial charge in [0.1, 0.15) is 0 Å². The number of nitrogens with one attached hydrogen (secondary N) is 1. The second kappa shape index (κ2) is 11.0. The van der Waals surface area contributed by atoms with Gasteiger partial charge in [-0.3, -0.25) is 4.79 Å². The Morgan fingerprint density at radius 3 is 2.60 bits per heavy atom. The summed E-state index contributed by atoms with van der Waals surface area (Å²) in [5.74, 6) is -0.289. The molecule has 9 heteroatoms. The van der Waals surface area contributed by atoms with Crippen molar-refractivity contribution in [2.45, 2.75) is 95.6 Å². The summed E-state index contributed by atoms with van der Waals surface area (Å²) in [7, 11) is 2.11. The summed E-state index contributed by atoms with van der Waals surface area (Å²) >= 11 is 0. The fraction of sp³-hybridized carbons (Fsp3) is 0.788. The average molecular weight is 584 g/mol. The Labute approximate surface area is 249 Å². The van der Waals surface area contributed by atoms with Crippen molar-refractivity contribution in [2.75, 3.05) is 33.2 Å². The second-order valence-electron chi connectivity index (χ2n) is 14.9. The van der Waals surface area contributed by atoms with Gasteiger partial charge in [0.05, 0.1) is 11.9 Å². The number of rotatable bonds is 4. The van der Waals surface area contributed by atoms with Crippen molar-refractivity contribution < 1.29 is 24.2 Å². The van der Waals surface area contributed by atoms with E-state index in [9.17, 15) is 24.6 Å². The topological polar surface area (TPSA) is 123 Å². The number of fused-ring (bicyclic) bond motifs is 5. The number of carbonyl (C=O) groups is 2. The highest BCUT2D eigenvalue weighted by molar-refractivity contribution is 5.74. The minimum Gasteiger partial charge on any atom is -0.481 e. The van der Waals surface area contributed by atoms with Crippen LogP contribution < -0.4 is 10.9 Å². The number of carboxylic acid groups (broad SMARTS) is 1. The molecule has 0 unspecified atom stereocenters. The first-order chi connectivity index (χ1) is 19.9. The van der Waals surface area contributed by atoms with E-state index in [1.165, 1.54) is 12.3 Å². The van der Waals surface area contributed by atoms with Gasteiger partial charge in [0, 0.05) is 43.6 Å². The van der Waals surface area contributed by atoms with Gasteiger partial charge in [0.15, 0.2) is 0 Å². The minimum absolute atomic E-state index is 0.00629. The molecule has 2 amide bonds. The van der Waals surface area contributed by atoms with Gasteiger partial charge in [0.2, 0.25) is 0 Å².